The third kappa shape index (κ3) is 2.84. The molecule has 3 heterocycles. The maximum Gasteiger partial charge on any atom is 0.117 e. The van der Waals surface area contributed by atoms with E-state index in [4.69, 9.17) is 5.10 Å². The van der Waals surface area contributed by atoms with Gasteiger partial charge >= 0.3 is 0 Å². The smallest absolute Gasteiger partial charge is 0.117 e. The van der Waals surface area contributed by atoms with Gasteiger partial charge in [-0.15, -0.1) is 0 Å². The first kappa shape index (κ1) is 20.0. The number of nitrogens with zero attached hydrogens (tertiary/aromatic N) is 5. The van der Waals surface area contributed by atoms with E-state index in [9.17, 15) is 10.5 Å². The van der Waals surface area contributed by atoms with E-state index in [-0.39, 0.29) is 0 Å². The van der Waals surface area contributed by atoms with E-state index >= 15 is 0 Å². The average Bonchev–Trinajstić information content (AvgIpc) is 3.46. The van der Waals surface area contributed by atoms with E-state index < -0.39 is 0 Å². The maximum atomic E-state index is 9.57. The summed E-state index contributed by atoms with van der Waals surface area (Å²) in [7, 11) is 0. The van der Waals surface area contributed by atoms with Crippen LogP contribution in [0, 0.1) is 22.7 Å². The molecule has 3 aromatic heterocycles. The minimum atomic E-state index is 0.582. The Bertz CT molecular complexity index is 1990. The van der Waals surface area contributed by atoms with Crippen LogP contribution in [0.1, 0.15) is 11.1 Å². The highest BCUT2D eigenvalue weighted by Crippen LogP contribution is 2.39. The minimum Gasteiger partial charge on any atom is -0.305 e. The summed E-state index contributed by atoms with van der Waals surface area (Å²) < 4.78 is 4.16. The van der Waals surface area contributed by atoms with Crippen LogP contribution < -0.4 is 0 Å². The first-order chi connectivity index (χ1) is 17.7. The number of nitriles is 2. The number of rotatable bonds is 2. The molecule has 0 amide bonds. The molecule has 0 aliphatic heterocycles. The third-order valence-corrected chi connectivity index (χ3v) is 6.77. The lowest BCUT2D eigenvalue weighted by molar-refractivity contribution is 0.974. The zero-order valence-corrected chi connectivity index (χ0v) is 19.1. The van der Waals surface area contributed by atoms with Gasteiger partial charge in [-0.05, 0) is 47.9 Å². The largest absolute Gasteiger partial charge is 0.305 e. The zero-order valence-electron chi connectivity index (χ0n) is 19.1. The molecule has 0 fully saturated rings. The summed E-state index contributed by atoms with van der Waals surface area (Å²) >= 11 is 0. The van der Waals surface area contributed by atoms with E-state index in [2.05, 4.69) is 53.2 Å². The van der Waals surface area contributed by atoms with Crippen LogP contribution in [0.2, 0.25) is 0 Å². The van der Waals surface area contributed by atoms with Gasteiger partial charge in [-0.2, -0.15) is 15.6 Å². The van der Waals surface area contributed by atoms with Gasteiger partial charge in [0.05, 0.1) is 39.8 Å². The van der Waals surface area contributed by atoms with Crippen molar-refractivity contribution in [2.75, 3.05) is 0 Å². The van der Waals surface area contributed by atoms with Gasteiger partial charge in [-0.25, -0.2) is 4.52 Å². The summed E-state index contributed by atoms with van der Waals surface area (Å²) in [6.45, 7) is 0. The van der Waals surface area contributed by atoms with E-state index in [0.29, 0.717) is 11.1 Å². The fourth-order valence-electron chi connectivity index (χ4n) is 5.12. The highest BCUT2D eigenvalue weighted by atomic mass is 15.2. The predicted molar refractivity (Wildman–Crippen MR) is 142 cm³/mol. The molecule has 166 valence electrons. The molecular weight excluding hydrogens is 442 g/mol. The minimum absolute atomic E-state index is 0.582. The lowest BCUT2D eigenvalue weighted by Gasteiger charge is -2.10. The molecule has 0 atom stereocenters. The Morgan fingerprint density at radius 3 is 1.86 bits per heavy atom. The van der Waals surface area contributed by atoms with E-state index in [1.54, 1.807) is 0 Å². The summed E-state index contributed by atoms with van der Waals surface area (Å²) in [5.41, 5.74) is 6.88. The molecule has 4 aromatic carbocycles. The molecule has 0 bridgehead atoms. The molecule has 0 aliphatic carbocycles. The lowest BCUT2D eigenvalue weighted by atomic mass is 10.1. The number of fused-ring (bicyclic) bond motifs is 5. The monoisotopic (exact) mass is 459 g/mol. The van der Waals surface area contributed by atoms with E-state index in [0.717, 1.165) is 55.0 Å². The molecule has 5 nitrogen and oxygen atoms in total. The van der Waals surface area contributed by atoms with Crippen molar-refractivity contribution in [1.82, 2.24) is 14.2 Å². The molecule has 36 heavy (non-hydrogen) atoms. The average molecular weight is 460 g/mol. The predicted octanol–water partition coefficient (Wildman–Crippen LogP) is 6.99. The summed E-state index contributed by atoms with van der Waals surface area (Å²) in [6.07, 6.45) is 2.07. The van der Waals surface area contributed by atoms with Crippen molar-refractivity contribution in [1.29, 1.82) is 10.5 Å². The van der Waals surface area contributed by atoms with Crippen molar-refractivity contribution in [3.8, 4) is 29.1 Å². The fourth-order valence-corrected chi connectivity index (χ4v) is 5.12. The Kier molecular flexibility index (Phi) is 4.21. The second kappa shape index (κ2) is 7.56. The van der Waals surface area contributed by atoms with Crippen LogP contribution >= 0.6 is 0 Å². The van der Waals surface area contributed by atoms with Gasteiger partial charge in [0.1, 0.15) is 11.4 Å². The fraction of sp³-hybridized carbons (Fsp3) is 0. The molecule has 0 radical (unpaired) electrons. The second-order valence-corrected chi connectivity index (χ2v) is 8.82. The Balaban J connectivity index is 1.69. The van der Waals surface area contributed by atoms with E-state index in [1.807, 2.05) is 71.2 Å². The standard InChI is InChI=1S/C31H17N5/c32-17-20-10-12-27-25(14-20)26-15-21(18-33)11-13-28(26)36(27)31-29-16-23-8-4-5-9-24(23)19-35(29)34-30(31)22-6-2-1-3-7-22/h1-16,19H. The van der Waals surface area contributed by atoms with Crippen LogP contribution in [0.5, 0.6) is 0 Å². The van der Waals surface area contributed by atoms with Crippen molar-refractivity contribution in [2.24, 2.45) is 0 Å². The number of hydrogen-bond donors (Lipinski definition) is 0. The normalized spacial score (nSPS) is 11.3. The first-order valence-electron chi connectivity index (χ1n) is 11.6. The van der Waals surface area contributed by atoms with Gasteiger partial charge in [0.25, 0.3) is 0 Å². The Hall–Kier alpha value is -5.39. The van der Waals surface area contributed by atoms with Crippen molar-refractivity contribution >= 4 is 38.1 Å². The van der Waals surface area contributed by atoms with E-state index in [1.165, 1.54) is 0 Å². The van der Waals surface area contributed by atoms with Crippen molar-refractivity contribution in [3.63, 3.8) is 0 Å². The molecule has 7 rings (SSSR count). The van der Waals surface area contributed by atoms with Crippen LogP contribution in [0.15, 0.2) is 103 Å². The van der Waals surface area contributed by atoms with Crippen molar-refractivity contribution < 1.29 is 0 Å². The summed E-state index contributed by atoms with van der Waals surface area (Å²) in [4.78, 5) is 0. The molecule has 0 N–H and O–H groups in total. The molecule has 7 aromatic rings. The van der Waals surface area contributed by atoms with Crippen LogP contribution in [-0.2, 0) is 0 Å². The highest BCUT2D eigenvalue weighted by molar-refractivity contribution is 6.11. The second-order valence-electron chi connectivity index (χ2n) is 8.82. The number of aromatic nitrogens is 3. The Morgan fingerprint density at radius 1 is 0.611 bits per heavy atom. The Labute approximate surface area is 206 Å². The van der Waals surface area contributed by atoms with Gasteiger partial charge < -0.3 is 4.57 Å². The SMILES string of the molecule is N#Cc1ccc2c(c1)c1cc(C#N)ccc1n2-c1c(-c2ccccc2)nn2cc3ccccc3cc12. The van der Waals surface area contributed by atoms with Crippen molar-refractivity contribution in [3.05, 3.63) is 114 Å². The third-order valence-electron chi connectivity index (χ3n) is 6.77. The van der Waals surface area contributed by atoms with Crippen LogP contribution in [-0.4, -0.2) is 14.2 Å². The lowest BCUT2D eigenvalue weighted by Crippen LogP contribution is -1.96. The maximum absolute atomic E-state index is 9.57. The molecule has 0 unspecified atom stereocenters. The topological polar surface area (TPSA) is 69.8 Å². The summed E-state index contributed by atoms with van der Waals surface area (Å²) in [6, 6.07) is 36.6. The highest BCUT2D eigenvalue weighted by Gasteiger charge is 2.22. The number of pyridine rings is 1. The first-order valence-corrected chi connectivity index (χ1v) is 11.6. The summed E-state index contributed by atoms with van der Waals surface area (Å²) in [5.74, 6) is 0. The molecule has 0 spiro atoms. The van der Waals surface area contributed by atoms with Gasteiger partial charge in [0.2, 0.25) is 0 Å². The number of benzene rings is 4. The molecule has 0 saturated heterocycles. The van der Waals surface area contributed by atoms with Gasteiger partial charge in [-0.3, -0.25) is 0 Å². The van der Waals surface area contributed by atoms with Gasteiger partial charge in [-0.1, -0.05) is 54.6 Å². The van der Waals surface area contributed by atoms with Gasteiger partial charge in [0.15, 0.2) is 0 Å². The quantitative estimate of drug-likeness (QED) is 0.280. The van der Waals surface area contributed by atoms with Crippen LogP contribution in [0.3, 0.4) is 0 Å². The molecule has 5 heteroatoms. The Morgan fingerprint density at radius 2 is 1.22 bits per heavy atom. The zero-order chi connectivity index (χ0) is 24.2. The summed E-state index contributed by atoms with van der Waals surface area (Å²) in [5, 5.41) is 28.3. The molecule has 0 aliphatic rings. The number of hydrogen-bond acceptors (Lipinski definition) is 3. The van der Waals surface area contributed by atoms with Crippen LogP contribution in [0.4, 0.5) is 0 Å². The van der Waals surface area contributed by atoms with Crippen molar-refractivity contribution in [2.45, 2.75) is 0 Å². The molecule has 0 saturated carbocycles. The van der Waals surface area contributed by atoms with Crippen LogP contribution in [0.25, 0.3) is 55.0 Å². The molecular formula is C31H17N5. The van der Waals surface area contributed by atoms with Gasteiger partial charge in [0, 0.05) is 27.9 Å².